The van der Waals surface area contributed by atoms with Crippen LogP contribution in [0.1, 0.15) is 19.0 Å². The minimum absolute atomic E-state index is 0.129. The van der Waals surface area contributed by atoms with Gasteiger partial charge in [-0.05, 0) is 24.5 Å². The second kappa shape index (κ2) is 5.54. The normalized spacial score (nSPS) is 25.4. The van der Waals surface area contributed by atoms with Gasteiger partial charge >= 0.3 is 0 Å². The van der Waals surface area contributed by atoms with E-state index in [-0.39, 0.29) is 23.9 Å². The fourth-order valence-corrected chi connectivity index (χ4v) is 3.49. The van der Waals surface area contributed by atoms with E-state index in [1.807, 2.05) is 6.92 Å². The van der Waals surface area contributed by atoms with E-state index in [1.165, 1.54) is 16.6 Å². The van der Waals surface area contributed by atoms with Crippen LogP contribution >= 0.6 is 0 Å². The van der Waals surface area contributed by atoms with Crippen LogP contribution in [0.5, 0.6) is 0 Å². The zero-order valence-electron chi connectivity index (χ0n) is 10.9. The number of nitrogens with two attached hydrogens (primary N) is 1. The molecule has 3 N–H and O–H groups in total. The first-order valence-corrected chi connectivity index (χ1v) is 7.72. The molecule has 1 aromatic rings. The number of aromatic nitrogens is 1. The van der Waals surface area contributed by atoms with Crippen LogP contribution in [0.25, 0.3) is 0 Å². The third kappa shape index (κ3) is 2.94. The van der Waals surface area contributed by atoms with Crippen LogP contribution in [0.3, 0.4) is 0 Å². The third-order valence-electron chi connectivity index (χ3n) is 3.53. The van der Waals surface area contributed by atoms with Crippen LogP contribution in [0.15, 0.2) is 23.2 Å². The molecule has 1 aliphatic heterocycles. The van der Waals surface area contributed by atoms with Gasteiger partial charge in [0.15, 0.2) is 0 Å². The van der Waals surface area contributed by atoms with Gasteiger partial charge in [-0.2, -0.15) is 4.31 Å². The number of pyridine rings is 1. The molecule has 0 amide bonds. The standard InChI is InChI=1S/C12H19N3O3S/c1-9-4-5-15(8-12(9)16)19(17,18)11-3-2-10(6-13)14-7-11/h2-3,7,9,12,16H,4-6,8,13H2,1H3. The first kappa shape index (κ1) is 14.4. The lowest BCUT2D eigenvalue weighted by Gasteiger charge is -2.33. The number of aliphatic hydroxyl groups is 1. The Kier molecular flexibility index (Phi) is 4.19. The third-order valence-corrected chi connectivity index (χ3v) is 5.37. The summed E-state index contributed by atoms with van der Waals surface area (Å²) in [6, 6.07) is 3.12. The highest BCUT2D eigenvalue weighted by Crippen LogP contribution is 2.23. The molecule has 6 nitrogen and oxygen atoms in total. The Hall–Kier alpha value is -1.02. The predicted octanol–water partition coefficient (Wildman–Crippen LogP) is -0.0683. The molecule has 0 bridgehead atoms. The van der Waals surface area contributed by atoms with E-state index in [1.54, 1.807) is 6.07 Å². The highest BCUT2D eigenvalue weighted by molar-refractivity contribution is 7.89. The number of hydrogen-bond donors (Lipinski definition) is 2. The lowest BCUT2D eigenvalue weighted by molar-refractivity contribution is 0.0605. The van der Waals surface area contributed by atoms with Crippen molar-refractivity contribution in [2.24, 2.45) is 11.7 Å². The van der Waals surface area contributed by atoms with Crippen molar-refractivity contribution in [3.63, 3.8) is 0 Å². The van der Waals surface area contributed by atoms with Crippen molar-refractivity contribution in [1.29, 1.82) is 0 Å². The number of rotatable bonds is 3. The van der Waals surface area contributed by atoms with Gasteiger partial charge in [-0.3, -0.25) is 4.98 Å². The van der Waals surface area contributed by atoms with Crippen LogP contribution in [0.4, 0.5) is 0 Å². The van der Waals surface area contributed by atoms with Crippen molar-refractivity contribution in [3.05, 3.63) is 24.0 Å². The lowest BCUT2D eigenvalue weighted by Crippen LogP contribution is -2.45. The molecule has 0 spiro atoms. The second-order valence-electron chi connectivity index (χ2n) is 4.89. The average molecular weight is 285 g/mol. The first-order valence-electron chi connectivity index (χ1n) is 6.28. The second-order valence-corrected chi connectivity index (χ2v) is 6.82. The lowest BCUT2D eigenvalue weighted by atomic mass is 9.98. The van der Waals surface area contributed by atoms with Crippen LogP contribution in [0, 0.1) is 5.92 Å². The molecule has 2 atom stereocenters. The summed E-state index contributed by atoms with van der Waals surface area (Å²) in [6.07, 6.45) is 1.37. The van der Waals surface area contributed by atoms with E-state index in [4.69, 9.17) is 5.73 Å². The van der Waals surface area contributed by atoms with Crippen LogP contribution < -0.4 is 5.73 Å². The number of β-amino-alcohol motifs (C(OH)–C–C–N with tert-alkyl or cyclic N) is 1. The molecule has 2 heterocycles. The van der Waals surface area contributed by atoms with Gasteiger partial charge in [-0.25, -0.2) is 8.42 Å². The largest absolute Gasteiger partial charge is 0.391 e. The molecule has 0 radical (unpaired) electrons. The Morgan fingerprint density at radius 1 is 1.53 bits per heavy atom. The molecule has 7 heteroatoms. The topological polar surface area (TPSA) is 96.5 Å². The van der Waals surface area contributed by atoms with E-state index >= 15 is 0 Å². The summed E-state index contributed by atoms with van der Waals surface area (Å²) in [4.78, 5) is 4.14. The van der Waals surface area contributed by atoms with E-state index in [9.17, 15) is 13.5 Å². The van der Waals surface area contributed by atoms with Gasteiger partial charge in [0, 0.05) is 25.8 Å². The van der Waals surface area contributed by atoms with E-state index in [2.05, 4.69) is 4.98 Å². The molecule has 19 heavy (non-hydrogen) atoms. The Bertz CT molecular complexity index is 530. The van der Waals surface area contributed by atoms with Gasteiger partial charge in [0.05, 0.1) is 11.8 Å². The molecule has 2 unspecified atom stereocenters. The Morgan fingerprint density at radius 3 is 2.79 bits per heavy atom. The quantitative estimate of drug-likeness (QED) is 0.810. The molecular weight excluding hydrogens is 266 g/mol. The Labute approximate surface area is 113 Å². The van der Waals surface area contributed by atoms with Crippen LogP contribution in [0.2, 0.25) is 0 Å². The molecule has 1 saturated heterocycles. The fraction of sp³-hybridized carbons (Fsp3) is 0.583. The van der Waals surface area contributed by atoms with Gasteiger partial charge in [-0.15, -0.1) is 0 Å². The maximum Gasteiger partial charge on any atom is 0.244 e. The van der Waals surface area contributed by atoms with E-state index < -0.39 is 16.1 Å². The Balaban J connectivity index is 2.21. The zero-order valence-corrected chi connectivity index (χ0v) is 11.7. The summed E-state index contributed by atoms with van der Waals surface area (Å²) in [6.45, 7) is 2.77. The number of nitrogens with zero attached hydrogens (tertiary/aromatic N) is 2. The molecule has 0 aliphatic carbocycles. The Morgan fingerprint density at radius 2 is 2.26 bits per heavy atom. The molecule has 1 fully saturated rings. The number of piperidine rings is 1. The molecule has 106 valence electrons. The molecule has 1 aromatic heterocycles. The van der Waals surface area contributed by atoms with Crippen LogP contribution in [-0.2, 0) is 16.6 Å². The summed E-state index contributed by atoms with van der Waals surface area (Å²) < 4.78 is 26.1. The highest BCUT2D eigenvalue weighted by atomic mass is 32.2. The van der Waals surface area contributed by atoms with Gasteiger partial charge < -0.3 is 10.8 Å². The molecular formula is C12H19N3O3S. The number of hydrogen-bond acceptors (Lipinski definition) is 5. The maximum atomic E-state index is 12.4. The van der Waals surface area contributed by atoms with Crippen LogP contribution in [-0.4, -0.2) is 42.0 Å². The number of aliphatic hydroxyl groups excluding tert-OH is 1. The van der Waals surface area contributed by atoms with E-state index in [0.29, 0.717) is 18.7 Å². The number of sulfonamides is 1. The minimum Gasteiger partial charge on any atom is -0.391 e. The van der Waals surface area contributed by atoms with Crippen molar-refractivity contribution >= 4 is 10.0 Å². The zero-order chi connectivity index (χ0) is 14.0. The average Bonchev–Trinajstić information content (AvgIpc) is 2.41. The monoisotopic (exact) mass is 285 g/mol. The summed E-state index contributed by atoms with van der Waals surface area (Å²) in [7, 11) is -3.57. The first-order chi connectivity index (χ1) is 8.95. The van der Waals surface area contributed by atoms with Crippen molar-refractivity contribution in [2.75, 3.05) is 13.1 Å². The summed E-state index contributed by atoms with van der Waals surface area (Å²) in [5.74, 6) is 0.129. The molecule has 0 saturated carbocycles. The van der Waals surface area contributed by atoms with Gasteiger partial charge in [0.2, 0.25) is 10.0 Å². The van der Waals surface area contributed by atoms with Crippen molar-refractivity contribution < 1.29 is 13.5 Å². The fourth-order valence-electron chi connectivity index (χ4n) is 2.07. The smallest absolute Gasteiger partial charge is 0.244 e. The van der Waals surface area contributed by atoms with Gasteiger partial charge in [-0.1, -0.05) is 6.92 Å². The minimum atomic E-state index is -3.57. The summed E-state index contributed by atoms with van der Waals surface area (Å²) >= 11 is 0. The highest BCUT2D eigenvalue weighted by Gasteiger charge is 2.32. The van der Waals surface area contributed by atoms with Crippen molar-refractivity contribution in [2.45, 2.75) is 30.9 Å². The SMILES string of the molecule is CC1CCN(S(=O)(=O)c2ccc(CN)nc2)CC1O. The van der Waals surface area contributed by atoms with Gasteiger partial charge in [0.25, 0.3) is 0 Å². The predicted molar refractivity (Wildman–Crippen MR) is 70.7 cm³/mol. The van der Waals surface area contributed by atoms with Crippen molar-refractivity contribution in [1.82, 2.24) is 9.29 Å². The molecule has 0 aromatic carbocycles. The molecule has 1 aliphatic rings. The molecule has 2 rings (SSSR count). The summed E-state index contributed by atoms with van der Waals surface area (Å²) in [5.41, 5.74) is 6.07. The van der Waals surface area contributed by atoms with E-state index in [0.717, 1.165) is 0 Å². The summed E-state index contributed by atoms with van der Waals surface area (Å²) in [5, 5.41) is 9.80. The van der Waals surface area contributed by atoms with Crippen molar-refractivity contribution in [3.8, 4) is 0 Å². The maximum absolute atomic E-state index is 12.4. The van der Waals surface area contributed by atoms with Gasteiger partial charge in [0.1, 0.15) is 4.90 Å².